The fourth-order valence-corrected chi connectivity index (χ4v) is 3.97. The smallest absolute Gasteiger partial charge is 0.220 e. The Bertz CT molecular complexity index is 902. The number of guanidine groups is 1. The molecule has 2 aromatic rings. The third kappa shape index (κ3) is 7.51. The Morgan fingerprint density at radius 1 is 1.19 bits per heavy atom. The highest BCUT2D eigenvalue weighted by Crippen LogP contribution is 2.25. The van der Waals surface area contributed by atoms with Gasteiger partial charge in [0.2, 0.25) is 5.91 Å². The molecule has 3 rings (SSSR count). The van der Waals surface area contributed by atoms with Gasteiger partial charge >= 0.3 is 0 Å². The number of nitrogens with one attached hydrogen (secondary N) is 2. The van der Waals surface area contributed by atoms with Crippen LogP contribution in [0.15, 0.2) is 47.6 Å². The number of aliphatic imine (C=N–C) groups is 1. The maximum Gasteiger partial charge on any atom is 0.220 e. The van der Waals surface area contributed by atoms with Gasteiger partial charge in [0.1, 0.15) is 5.82 Å². The predicted octanol–water partition coefficient (Wildman–Crippen LogP) is 3.35. The molecule has 9 heteroatoms. The van der Waals surface area contributed by atoms with Crippen LogP contribution in [0.4, 0.5) is 5.82 Å². The molecule has 0 atom stereocenters. The van der Waals surface area contributed by atoms with Crippen LogP contribution in [0.2, 0.25) is 5.02 Å². The molecule has 0 spiro atoms. The number of nitrogens with two attached hydrogens (primary N) is 1. The fraction of sp³-hybridized carbons (Fsp3) is 0.435. The van der Waals surface area contributed by atoms with E-state index in [1.165, 1.54) is 0 Å². The van der Waals surface area contributed by atoms with Crippen LogP contribution in [-0.2, 0) is 17.8 Å². The van der Waals surface area contributed by atoms with Crippen molar-refractivity contribution in [3.63, 3.8) is 0 Å². The standard InChI is InChI=1S/C23H31ClN6O.HI/c1-2-26-23(28-13-9-17-6-3-4-8-20(17)24)29-16-19-7-5-12-27-22(19)30-14-10-18(11-15-30)21(25)31;/h3-8,12,18H,2,9-11,13-16H2,1H3,(H2,25,31)(H2,26,28,29);1H. The van der Waals surface area contributed by atoms with E-state index in [9.17, 15) is 4.79 Å². The van der Waals surface area contributed by atoms with Gasteiger partial charge in [-0.15, -0.1) is 24.0 Å². The second kappa shape index (κ2) is 13.5. The average Bonchev–Trinajstić information content (AvgIpc) is 2.79. The Morgan fingerprint density at radius 2 is 1.91 bits per heavy atom. The highest BCUT2D eigenvalue weighted by Gasteiger charge is 2.24. The van der Waals surface area contributed by atoms with Crippen LogP contribution in [-0.4, -0.2) is 43.0 Å². The van der Waals surface area contributed by atoms with Crippen LogP contribution in [0.3, 0.4) is 0 Å². The van der Waals surface area contributed by atoms with E-state index in [0.717, 1.165) is 73.4 Å². The van der Waals surface area contributed by atoms with Gasteiger partial charge in [0.25, 0.3) is 0 Å². The molecule has 2 heterocycles. The molecule has 0 radical (unpaired) electrons. The third-order valence-corrected chi connectivity index (χ3v) is 5.83. The van der Waals surface area contributed by atoms with Gasteiger partial charge in [-0.2, -0.15) is 0 Å². The van der Waals surface area contributed by atoms with E-state index in [2.05, 4.69) is 26.6 Å². The number of hydrogen-bond donors (Lipinski definition) is 3. The number of rotatable bonds is 8. The van der Waals surface area contributed by atoms with Crippen molar-refractivity contribution in [1.29, 1.82) is 0 Å². The van der Waals surface area contributed by atoms with Crippen LogP contribution in [0, 0.1) is 5.92 Å². The molecule has 0 unspecified atom stereocenters. The minimum atomic E-state index is -0.205. The highest BCUT2D eigenvalue weighted by molar-refractivity contribution is 14.0. The average molecular weight is 571 g/mol. The molecule has 32 heavy (non-hydrogen) atoms. The molecule has 0 aliphatic carbocycles. The quantitative estimate of drug-likeness (QED) is 0.257. The Hall–Kier alpha value is -2.07. The van der Waals surface area contributed by atoms with E-state index in [-0.39, 0.29) is 35.8 Å². The lowest BCUT2D eigenvalue weighted by Gasteiger charge is -2.32. The SMILES string of the molecule is CCNC(=NCc1cccnc1N1CCC(C(N)=O)CC1)NCCc1ccccc1Cl.I. The summed E-state index contributed by atoms with van der Waals surface area (Å²) in [6.45, 7) is 5.62. The zero-order valence-electron chi connectivity index (χ0n) is 18.4. The zero-order chi connectivity index (χ0) is 22.1. The number of primary amides is 1. The number of aromatic nitrogens is 1. The first-order chi connectivity index (χ1) is 15.1. The van der Waals surface area contributed by atoms with Gasteiger partial charge in [0.15, 0.2) is 5.96 Å². The second-order valence-electron chi connectivity index (χ2n) is 7.61. The summed E-state index contributed by atoms with van der Waals surface area (Å²) in [5.41, 5.74) is 7.63. The van der Waals surface area contributed by atoms with Crippen molar-refractivity contribution >= 4 is 53.3 Å². The number of anilines is 1. The maximum absolute atomic E-state index is 11.4. The number of carbonyl (C=O) groups excluding carboxylic acids is 1. The van der Waals surface area contributed by atoms with Gasteiger partial charge in [-0.1, -0.05) is 35.9 Å². The molecule has 4 N–H and O–H groups in total. The van der Waals surface area contributed by atoms with E-state index >= 15 is 0 Å². The van der Waals surface area contributed by atoms with Crippen molar-refractivity contribution in [2.75, 3.05) is 31.1 Å². The van der Waals surface area contributed by atoms with Gasteiger partial charge < -0.3 is 21.3 Å². The molecule has 174 valence electrons. The summed E-state index contributed by atoms with van der Waals surface area (Å²) >= 11 is 6.25. The number of pyridine rings is 1. The molecule has 1 amide bonds. The molecule has 1 aliphatic rings. The summed E-state index contributed by atoms with van der Waals surface area (Å²) in [5, 5.41) is 7.45. The maximum atomic E-state index is 11.4. The summed E-state index contributed by atoms with van der Waals surface area (Å²) in [5.74, 6) is 1.45. The normalized spacial score (nSPS) is 14.6. The molecular weight excluding hydrogens is 539 g/mol. The summed E-state index contributed by atoms with van der Waals surface area (Å²) in [6, 6.07) is 11.9. The van der Waals surface area contributed by atoms with Crippen LogP contribution in [0.25, 0.3) is 0 Å². The molecule has 0 bridgehead atoms. The molecular formula is C23H32ClIN6O. The largest absolute Gasteiger partial charge is 0.369 e. The summed E-state index contributed by atoms with van der Waals surface area (Å²) in [4.78, 5) is 23.0. The Balaban J connectivity index is 0.00000363. The first-order valence-corrected chi connectivity index (χ1v) is 11.2. The number of nitrogens with zero attached hydrogens (tertiary/aromatic N) is 3. The van der Waals surface area contributed by atoms with Crippen LogP contribution >= 0.6 is 35.6 Å². The highest BCUT2D eigenvalue weighted by atomic mass is 127. The Labute approximate surface area is 212 Å². The molecule has 1 fully saturated rings. The lowest BCUT2D eigenvalue weighted by molar-refractivity contribution is -0.122. The molecule has 1 saturated heterocycles. The molecule has 1 aliphatic heterocycles. The minimum absolute atomic E-state index is 0. The van der Waals surface area contributed by atoms with Crippen molar-refractivity contribution in [1.82, 2.24) is 15.6 Å². The second-order valence-corrected chi connectivity index (χ2v) is 8.02. The lowest BCUT2D eigenvalue weighted by Crippen LogP contribution is -2.39. The molecule has 1 aromatic heterocycles. The third-order valence-electron chi connectivity index (χ3n) is 5.46. The van der Waals surface area contributed by atoms with E-state index in [0.29, 0.717) is 6.54 Å². The number of carbonyl (C=O) groups is 1. The number of piperidine rings is 1. The Kier molecular flexibility index (Phi) is 11.0. The number of benzene rings is 1. The van der Waals surface area contributed by atoms with E-state index in [4.69, 9.17) is 22.3 Å². The predicted molar refractivity (Wildman–Crippen MR) is 142 cm³/mol. The van der Waals surface area contributed by atoms with Gasteiger partial charge in [0.05, 0.1) is 6.54 Å². The van der Waals surface area contributed by atoms with E-state index in [1.807, 2.05) is 37.3 Å². The topological polar surface area (TPSA) is 95.6 Å². The first-order valence-electron chi connectivity index (χ1n) is 10.8. The van der Waals surface area contributed by atoms with E-state index in [1.54, 1.807) is 6.20 Å². The van der Waals surface area contributed by atoms with E-state index < -0.39 is 0 Å². The minimum Gasteiger partial charge on any atom is -0.369 e. The van der Waals surface area contributed by atoms with Crippen molar-refractivity contribution in [3.8, 4) is 0 Å². The van der Waals surface area contributed by atoms with Crippen LogP contribution < -0.4 is 21.3 Å². The summed E-state index contributed by atoms with van der Waals surface area (Å²) in [6.07, 6.45) is 4.15. The van der Waals surface area contributed by atoms with Gasteiger partial charge in [-0.05, 0) is 43.9 Å². The zero-order valence-corrected chi connectivity index (χ0v) is 21.5. The van der Waals surface area contributed by atoms with Crippen LogP contribution in [0.1, 0.15) is 30.9 Å². The number of hydrogen-bond acceptors (Lipinski definition) is 4. The monoisotopic (exact) mass is 570 g/mol. The first kappa shape index (κ1) is 26.2. The molecule has 7 nitrogen and oxygen atoms in total. The summed E-state index contributed by atoms with van der Waals surface area (Å²) < 4.78 is 0. The van der Waals surface area contributed by atoms with Gasteiger partial charge in [-0.3, -0.25) is 4.79 Å². The van der Waals surface area contributed by atoms with Gasteiger partial charge in [-0.25, -0.2) is 9.98 Å². The van der Waals surface area contributed by atoms with Crippen molar-refractivity contribution < 1.29 is 4.79 Å². The van der Waals surface area contributed by atoms with Crippen molar-refractivity contribution in [2.45, 2.75) is 32.7 Å². The van der Waals surface area contributed by atoms with Crippen molar-refractivity contribution in [3.05, 3.63) is 58.7 Å². The Morgan fingerprint density at radius 3 is 2.59 bits per heavy atom. The number of amides is 1. The molecule has 0 saturated carbocycles. The fourth-order valence-electron chi connectivity index (χ4n) is 3.74. The lowest BCUT2D eigenvalue weighted by atomic mass is 9.96. The molecule has 1 aromatic carbocycles. The van der Waals surface area contributed by atoms with Crippen molar-refractivity contribution in [2.24, 2.45) is 16.6 Å². The summed E-state index contributed by atoms with van der Waals surface area (Å²) in [7, 11) is 0. The van der Waals surface area contributed by atoms with Gasteiger partial charge in [0, 0.05) is 48.9 Å². The van der Waals surface area contributed by atoms with Crippen LogP contribution in [0.5, 0.6) is 0 Å². The number of halogens is 2.